The van der Waals surface area contributed by atoms with E-state index in [1.165, 1.54) is 18.7 Å². The molecule has 1 aromatic carbocycles. The maximum atomic E-state index is 13.6. The predicted octanol–water partition coefficient (Wildman–Crippen LogP) is 4.18. The third-order valence-electron chi connectivity index (χ3n) is 11.5. The Bertz CT molecular complexity index is 2420. The molecule has 5 amide bonds. The summed E-state index contributed by atoms with van der Waals surface area (Å²) in [7, 11) is 0. The summed E-state index contributed by atoms with van der Waals surface area (Å²) in [4.78, 5) is 109. The Morgan fingerprint density at radius 3 is 2.41 bits per heavy atom. The molecule has 3 fully saturated rings. The summed E-state index contributed by atoms with van der Waals surface area (Å²) in [5, 5.41) is 6.06. The maximum absolute atomic E-state index is 13.6. The molecule has 16 nitrogen and oxygen atoms in total. The van der Waals surface area contributed by atoms with E-state index in [2.05, 4.69) is 25.5 Å². The van der Waals surface area contributed by atoms with E-state index < -0.39 is 29.7 Å². The predicted molar refractivity (Wildman–Crippen MR) is 215 cm³/mol. The number of hydrogen-bond acceptors (Lipinski definition) is 13. The van der Waals surface area contributed by atoms with Crippen LogP contribution in [-0.4, -0.2) is 103 Å². The summed E-state index contributed by atoms with van der Waals surface area (Å²) in [5.74, 6) is -0.986. The second kappa shape index (κ2) is 16.1. The number of carbonyl (C=O) groups excluding carboxylic acids is 6. The Hall–Kier alpha value is -5.97. The summed E-state index contributed by atoms with van der Waals surface area (Å²) >= 11 is 1.40. The second-order valence-electron chi connectivity index (χ2n) is 15.1. The van der Waals surface area contributed by atoms with Gasteiger partial charge in [-0.15, -0.1) is 11.8 Å². The molecule has 4 aliphatic rings. The molecule has 1 saturated carbocycles. The van der Waals surface area contributed by atoms with Gasteiger partial charge in [0, 0.05) is 61.5 Å². The summed E-state index contributed by atoms with van der Waals surface area (Å²) in [6.07, 6.45) is 8.23. The van der Waals surface area contributed by atoms with Gasteiger partial charge in [0.2, 0.25) is 23.7 Å². The van der Waals surface area contributed by atoms with Crippen LogP contribution < -0.4 is 21.1 Å². The van der Waals surface area contributed by atoms with Crippen molar-refractivity contribution in [3.63, 3.8) is 0 Å². The average molecular weight is 806 g/mol. The van der Waals surface area contributed by atoms with Crippen LogP contribution in [0.5, 0.6) is 0 Å². The number of aromatic nitrogens is 4. The molecule has 6 heterocycles. The highest BCUT2D eigenvalue weighted by atomic mass is 32.2. The maximum Gasteiger partial charge on any atom is 0.263 e. The van der Waals surface area contributed by atoms with Crippen molar-refractivity contribution in [3.05, 3.63) is 75.3 Å². The standard InChI is InChI=1S/C41H43N9O7S/c1-23-28-22-43-41(46-36(28)49(25-7-3-4-8-25)39(56)34(23)24(2)51)44-31-14-12-26(21-42-31)47-16-18-48(19-17-47)33(53)11-6-20-58-30-10-5-9-27-35(30)40(57)50(38(27)55)29-13-15-32(52)45-37(29)54/h5,9-10,12,14,21-22,25,29H,3-4,6-8,11,13,15-20H2,1-2H3,(H,45,52,54)(H,42,43,44,46). The first-order chi connectivity index (χ1) is 28.0. The average Bonchev–Trinajstić information content (AvgIpc) is 3.83. The first kappa shape index (κ1) is 38.9. The van der Waals surface area contributed by atoms with Crippen LogP contribution in [0.15, 0.2) is 52.4 Å². The van der Waals surface area contributed by atoms with Crippen LogP contribution in [0, 0.1) is 6.92 Å². The monoisotopic (exact) mass is 805 g/mol. The fourth-order valence-electron chi connectivity index (χ4n) is 8.45. The summed E-state index contributed by atoms with van der Waals surface area (Å²) < 4.78 is 1.68. The number of nitrogens with one attached hydrogen (secondary N) is 2. The molecule has 0 radical (unpaired) electrons. The number of nitrogens with zero attached hydrogens (tertiary/aromatic N) is 7. The van der Waals surface area contributed by atoms with Crippen LogP contribution in [0.1, 0.15) is 101 Å². The number of imide groups is 2. The minimum Gasteiger partial charge on any atom is -0.367 e. The first-order valence-electron chi connectivity index (χ1n) is 19.7. The normalized spacial score (nSPS) is 18.6. The lowest BCUT2D eigenvalue weighted by Gasteiger charge is -2.36. The van der Waals surface area contributed by atoms with Crippen LogP contribution in [0.3, 0.4) is 0 Å². The third-order valence-corrected chi connectivity index (χ3v) is 12.6. The van der Waals surface area contributed by atoms with Gasteiger partial charge in [0.25, 0.3) is 17.4 Å². The quantitative estimate of drug-likeness (QED) is 0.0949. The first-order valence-corrected chi connectivity index (χ1v) is 20.6. The van der Waals surface area contributed by atoms with Crippen LogP contribution in [0.4, 0.5) is 17.5 Å². The number of fused-ring (bicyclic) bond motifs is 2. The number of anilines is 3. The van der Waals surface area contributed by atoms with Crippen LogP contribution in [0.2, 0.25) is 0 Å². The van der Waals surface area contributed by atoms with E-state index >= 15 is 0 Å². The van der Waals surface area contributed by atoms with Crippen molar-refractivity contribution >= 4 is 75.6 Å². The number of ketones is 1. The minimum absolute atomic E-state index is 0.0190. The van der Waals surface area contributed by atoms with Gasteiger partial charge < -0.3 is 15.1 Å². The molecule has 3 aromatic heterocycles. The largest absolute Gasteiger partial charge is 0.367 e. The fourth-order valence-corrected chi connectivity index (χ4v) is 9.48. The van der Waals surface area contributed by atoms with E-state index in [0.29, 0.717) is 78.0 Å². The van der Waals surface area contributed by atoms with Gasteiger partial charge in [-0.25, -0.2) is 9.97 Å². The van der Waals surface area contributed by atoms with Crippen molar-refractivity contribution in [1.29, 1.82) is 0 Å². The molecule has 0 spiro atoms. The molecule has 3 aliphatic heterocycles. The van der Waals surface area contributed by atoms with Gasteiger partial charge in [0.1, 0.15) is 17.5 Å². The number of carbonyl (C=O) groups is 6. The van der Waals surface area contributed by atoms with Gasteiger partial charge in [-0.05, 0) is 75.1 Å². The highest BCUT2D eigenvalue weighted by Crippen LogP contribution is 2.35. The molecule has 2 N–H and O–H groups in total. The number of thioether (sulfide) groups is 1. The van der Waals surface area contributed by atoms with E-state index in [-0.39, 0.29) is 52.8 Å². The van der Waals surface area contributed by atoms with Gasteiger partial charge in [-0.1, -0.05) is 18.9 Å². The zero-order chi connectivity index (χ0) is 40.7. The van der Waals surface area contributed by atoms with Gasteiger partial charge in [-0.2, -0.15) is 4.98 Å². The van der Waals surface area contributed by atoms with Gasteiger partial charge >= 0.3 is 0 Å². The van der Waals surface area contributed by atoms with Crippen molar-refractivity contribution in [2.24, 2.45) is 0 Å². The molecule has 0 bridgehead atoms. The summed E-state index contributed by atoms with van der Waals surface area (Å²) in [6.45, 7) is 5.58. The molecule has 1 atom stereocenters. The molecule has 1 unspecified atom stereocenters. The molecule has 2 saturated heterocycles. The van der Waals surface area contributed by atoms with Crippen molar-refractivity contribution in [2.45, 2.75) is 82.2 Å². The van der Waals surface area contributed by atoms with Crippen molar-refractivity contribution < 1.29 is 28.8 Å². The fraction of sp³-hybridized carbons (Fsp3) is 0.415. The van der Waals surface area contributed by atoms with Crippen molar-refractivity contribution in [1.82, 2.24) is 34.6 Å². The SMILES string of the molecule is CC(=O)c1c(C)c2cnc(Nc3ccc(N4CCN(C(=O)CCCSc5cccc6c5C(=O)N(C5CCC(=O)NC5=O)C6=O)CC4)cn3)nc2n(C2CCCC2)c1=O. The number of hydrogen-bond donors (Lipinski definition) is 2. The topological polar surface area (TPSA) is 197 Å². The van der Waals surface area contributed by atoms with E-state index in [1.807, 2.05) is 17.0 Å². The molecule has 4 aromatic rings. The molecule has 8 rings (SSSR count). The number of aryl methyl sites for hydroxylation is 1. The number of benzene rings is 1. The molecular formula is C41H43N9O7S. The molecule has 58 heavy (non-hydrogen) atoms. The number of Topliss-reactive ketones (excluding diaryl/α,β-unsaturated/α-hetero) is 1. The molecule has 300 valence electrons. The van der Waals surface area contributed by atoms with Crippen molar-refractivity contribution in [3.8, 4) is 0 Å². The minimum atomic E-state index is -1.02. The third kappa shape index (κ3) is 7.34. The molecule has 1 aliphatic carbocycles. The van der Waals surface area contributed by atoms with Gasteiger partial charge in [0.15, 0.2) is 5.78 Å². The smallest absolute Gasteiger partial charge is 0.263 e. The Kier molecular flexibility index (Phi) is 10.8. The highest BCUT2D eigenvalue weighted by Gasteiger charge is 2.45. The number of rotatable bonds is 11. The van der Waals surface area contributed by atoms with E-state index in [9.17, 15) is 33.6 Å². The Morgan fingerprint density at radius 1 is 0.931 bits per heavy atom. The lowest BCUT2D eigenvalue weighted by molar-refractivity contribution is -0.136. The van der Waals surface area contributed by atoms with Crippen molar-refractivity contribution in [2.75, 3.05) is 42.1 Å². The summed E-state index contributed by atoms with van der Waals surface area (Å²) in [6, 6.07) is 7.78. The Labute approximate surface area is 337 Å². The van der Waals surface area contributed by atoms with E-state index in [4.69, 9.17) is 4.98 Å². The Morgan fingerprint density at radius 2 is 1.71 bits per heavy atom. The van der Waals surface area contributed by atoms with Gasteiger partial charge in [0.05, 0.1) is 28.6 Å². The van der Waals surface area contributed by atoms with Gasteiger partial charge in [-0.3, -0.25) is 48.3 Å². The number of piperidine rings is 1. The molecular weight excluding hydrogens is 763 g/mol. The molecule has 17 heteroatoms. The number of piperazine rings is 1. The highest BCUT2D eigenvalue weighted by molar-refractivity contribution is 7.99. The van der Waals surface area contributed by atoms with Crippen LogP contribution in [0.25, 0.3) is 11.0 Å². The lowest BCUT2D eigenvalue weighted by Crippen LogP contribution is -2.54. The zero-order valence-electron chi connectivity index (χ0n) is 32.3. The zero-order valence-corrected chi connectivity index (χ0v) is 33.1. The van der Waals surface area contributed by atoms with Crippen LogP contribution in [-0.2, 0) is 14.4 Å². The van der Waals surface area contributed by atoms with E-state index in [1.54, 1.807) is 42.1 Å². The lowest BCUT2D eigenvalue weighted by atomic mass is 10.0. The summed E-state index contributed by atoms with van der Waals surface area (Å²) in [5.41, 5.74) is 2.39. The second-order valence-corrected chi connectivity index (χ2v) is 16.2. The Balaban J connectivity index is 0.835. The number of amides is 5. The van der Waals surface area contributed by atoms with Crippen LogP contribution >= 0.6 is 11.8 Å². The van der Waals surface area contributed by atoms with E-state index in [0.717, 1.165) is 36.3 Å². The number of pyridine rings is 2.